The second-order valence-corrected chi connectivity index (χ2v) is 5.67. The number of anilines is 1. The Morgan fingerprint density at radius 3 is 2.38 bits per heavy atom. The van der Waals surface area contributed by atoms with Gasteiger partial charge in [-0.1, -0.05) is 42.5 Å². The molecular weight excluding hydrogens is 328 g/mol. The number of benzene rings is 2. The molecule has 1 amide bonds. The van der Waals surface area contributed by atoms with Crippen molar-refractivity contribution >= 4 is 17.7 Å². The fraction of sp³-hybridized carbons (Fsp3) is 0.300. The molecular formula is C20H26N4O2. The topological polar surface area (TPSA) is 74.8 Å². The van der Waals surface area contributed by atoms with Gasteiger partial charge < -0.3 is 15.4 Å². The van der Waals surface area contributed by atoms with Gasteiger partial charge in [0.05, 0.1) is 13.7 Å². The van der Waals surface area contributed by atoms with E-state index in [1.807, 2.05) is 49.4 Å². The highest BCUT2D eigenvalue weighted by Crippen LogP contribution is 2.10. The van der Waals surface area contributed by atoms with Crippen LogP contribution in [0.15, 0.2) is 59.6 Å². The van der Waals surface area contributed by atoms with E-state index in [4.69, 9.17) is 0 Å². The molecule has 6 heteroatoms. The Kier molecular flexibility index (Phi) is 7.99. The molecule has 0 radical (unpaired) electrons. The predicted molar refractivity (Wildman–Crippen MR) is 105 cm³/mol. The van der Waals surface area contributed by atoms with Crippen molar-refractivity contribution < 1.29 is 9.53 Å². The predicted octanol–water partition coefficient (Wildman–Crippen LogP) is 3.16. The van der Waals surface area contributed by atoms with Crippen LogP contribution >= 0.6 is 0 Å². The molecule has 0 aliphatic carbocycles. The minimum atomic E-state index is -0.479. The Labute approximate surface area is 154 Å². The molecule has 0 saturated heterocycles. The number of hydrogen-bond acceptors (Lipinski definition) is 3. The number of ether oxygens (including phenoxy) is 1. The summed E-state index contributed by atoms with van der Waals surface area (Å²) in [4.78, 5) is 15.8. The van der Waals surface area contributed by atoms with Crippen LogP contribution in [0.1, 0.15) is 18.1 Å². The van der Waals surface area contributed by atoms with E-state index in [-0.39, 0.29) is 0 Å². The highest BCUT2D eigenvalue weighted by Gasteiger charge is 2.01. The Hall–Kier alpha value is -3.02. The molecule has 138 valence electrons. The summed E-state index contributed by atoms with van der Waals surface area (Å²) < 4.78 is 4.57. The van der Waals surface area contributed by atoms with Crippen molar-refractivity contribution in [3.05, 3.63) is 65.7 Å². The van der Waals surface area contributed by atoms with Crippen LogP contribution < -0.4 is 16.0 Å². The van der Waals surface area contributed by atoms with Crippen LogP contribution in [0.3, 0.4) is 0 Å². The monoisotopic (exact) mass is 354 g/mol. The smallest absolute Gasteiger partial charge is 0.411 e. The molecule has 2 aromatic rings. The fourth-order valence-corrected chi connectivity index (χ4v) is 2.34. The maximum Gasteiger partial charge on any atom is 0.411 e. The highest BCUT2D eigenvalue weighted by atomic mass is 16.5. The Bertz CT molecular complexity index is 700. The van der Waals surface area contributed by atoms with Gasteiger partial charge in [0.25, 0.3) is 0 Å². The molecule has 2 rings (SSSR count). The molecule has 0 unspecified atom stereocenters. The number of carbonyl (C=O) groups excluding carboxylic acids is 1. The average Bonchev–Trinajstić information content (AvgIpc) is 2.68. The number of amides is 1. The summed E-state index contributed by atoms with van der Waals surface area (Å²) in [6.45, 7) is 4.22. The number of nitrogens with zero attached hydrogens (tertiary/aromatic N) is 1. The molecule has 2 aromatic carbocycles. The molecule has 0 bridgehead atoms. The summed E-state index contributed by atoms with van der Waals surface area (Å²) in [7, 11) is 1.34. The molecule has 6 nitrogen and oxygen atoms in total. The van der Waals surface area contributed by atoms with E-state index in [1.54, 1.807) is 0 Å². The zero-order chi connectivity index (χ0) is 18.6. The molecule has 0 atom stereocenters. The van der Waals surface area contributed by atoms with E-state index < -0.39 is 6.09 Å². The van der Waals surface area contributed by atoms with Crippen molar-refractivity contribution in [1.82, 2.24) is 10.6 Å². The standard InChI is InChI=1S/C20H26N4O2/c1-3-21-19(22-14-13-16-7-5-4-6-8-16)23-15-17-9-11-18(12-10-17)24-20(25)26-2/h4-12H,3,13-15H2,1-2H3,(H,24,25)(H2,21,22,23). The number of nitrogens with one attached hydrogen (secondary N) is 3. The van der Waals surface area contributed by atoms with E-state index in [0.717, 1.165) is 31.0 Å². The molecule has 3 N–H and O–H groups in total. The number of methoxy groups -OCH3 is 1. The lowest BCUT2D eigenvalue weighted by Crippen LogP contribution is -2.38. The van der Waals surface area contributed by atoms with E-state index >= 15 is 0 Å². The molecule has 0 saturated carbocycles. The summed E-state index contributed by atoms with van der Waals surface area (Å²) in [5, 5.41) is 9.23. The van der Waals surface area contributed by atoms with E-state index in [9.17, 15) is 4.79 Å². The van der Waals surface area contributed by atoms with Gasteiger partial charge in [0.1, 0.15) is 0 Å². The molecule has 0 spiro atoms. The molecule has 26 heavy (non-hydrogen) atoms. The zero-order valence-electron chi connectivity index (χ0n) is 15.3. The van der Waals surface area contributed by atoms with Crippen molar-refractivity contribution in [2.75, 3.05) is 25.5 Å². The van der Waals surface area contributed by atoms with Gasteiger partial charge in [-0.2, -0.15) is 0 Å². The van der Waals surface area contributed by atoms with Gasteiger partial charge in [-0.15, -0.1) is 0 Å². The molecule has 0 aliphatic rings. The Morgan fingerprint density at radius 1 is 1.00 bits per heavy atom. The molecule has 0 fully saturated rings. The van der Waals surface area contributed by atoms with Gasteiger partial charge in [-0.3, -0.25) is 5.32 Å². The SMILES string of the molecule is CCNC(=NCc1ccc(NC(=O)OC)cc1)NCCc1ccccc1. The first-order chi connectivity index (χ1) is 12.7. The first-order valence-corrected chi connectivity index (χ1v) is 8.71. The lowest BCUT2D eigenvalue weighted by molar-refractivity contribution is 0.187. The summed E-state index contributed by atoms with van der Waals surface area (Å²) in [5.74, 6) is 0.792. The van der Waals surface area contributed by atoms with Gasteiger partial charge in [0, 0.05) is 18.8 Å². The third-order valence-corrected chi connectivity index (χ3v) is 3.70. The van der Waals surface area contributed by atoms with Crippen molar-refractivity contribution in [2.45, 2.75) is 19.9 Å². The lowest BCUT2D eigenvalue weighted by atomic mass is 10.1. The number of rotatable bonds is 7. The quantitative estimate of drug-likeness (QED) is 0.527. The second-order valence-electron chi connectivity index (χ2n) is 5.67. The normalized spacial score (nSPS) is 10.9. The molecule has 0 aliphatic heterocycles. The lowest BCUT2D eigenvalue weighted by Gasteiger charge is -2.11. The number of aliphatic imine (C=N–C) groups is 1. The van der Waals surface area contributed by atoms with Gasteiger partial charge in [-0.25, -0.2) is 9.79 Å². The minimum Gasteiger partial charge on any atom is -0.453 e. The van der Waals surface area contributed by atoms with Gasteiger partial charge in [-0.05, 0) is 36.6 Å². The van der Waals surface area contributed by atoms with Gasteiger partial charge >= 0.3 is 6.09 Å². The van der Waals surface area contributed by atoms with Crippen LogP contribution in [0.5, 0.6) is 0 Å². The van der Waals surface area contributed by atoms with Crippen LogP contribution in [0.25, 0.3) is 0 Å². The largest absolute Gasteiger partial charge is 0.453 e. The van der Waals surface area contributed by atoms with Crippen LogP contribution in [-0.4, -0.2) is 32.3 Å². The van der Waals surface area contributed by atoms with E-state index in [0.29, 0.717) is 12.2 Å². The van der Waals surface area contributed by atoms with Crippen LogP contribution in [0.2, 0.25) is 0 Å². The van der Waals surface area contributed by atoms with Crippen molar-refractivity contribution in [3.8, 4) is 0 Å². The fourth-order valence-electron chi connectivity index (χ4n) is 2.34. The number of carbonyl (C=O) groups is 1. The second kappa shape index (κ2) is 10.8. The first-order valence-electron chi connectivity index (χ1n) is 8.71. The maximum atomic E-state index is 11.2. The van der Waals surface area contributed by atoms with Crippen molar-refractivity contribution in [1.29, 1.82) is 0 Å². The third-order valence-electron chi connectivity index (χ3n) is 3.70. The van der Waals surface area contributed by atoms with Crippen LogP contribution in [0.4, 0.5) is 10.5 Å². The summed E-state index contributed by atoms with van der Waals surface area (Å²) in [6, 6.07) is 17.9. The first kappa shape index (κ1) is 19.3. The van der Waals surface area contributed by atoms with E-state index in [2.05, 4.69) is 37.8 Å². The zero-order valence-corrected chi connectivity index (χ0v) is 15.3. The summed E-state index contributed by atoms with van der Waals surface area (Å²) >= 11 is 0. The van der Waals surface area contributed by atoms with Crippen LogP contribution in [-0.2, 0) is 17.7 Å². The molecule has 0 heterocycles. The van der Waals surface area contributed by atoms with Crippen molar-refractivity contribution in [3.63, 3.8) is 0 Å². The highest BCUT2D eigenvalue weighted by molar-refractivity contribution is 5.84. The molecule has 0 aromatic heterocycles. The third kappa shape index (κ3) is 6.84. The maximum absolute atomic E-state index is 11.2. The Morgan fingerprint density at radius 2 is 1.73 bits per heavy atom. The summed E-state index contributed by atoms with van der Waals surface area (Å²) in [6.07, 6.45) is 0.465. The van der Waals surface area contributed by atoms with Gasteiger partial charge in [0.2, 0.25) is 0 Å². The van der Waals surface area contributed by atoms with E-state index in [1.165, 1.54) is 12.7 Å². The Balaban J connectivity index is 1.86. The summed E-state index contributed by atoms with van der Waals surface area (Å²) in [5.41, 5.74) is 3.04. The van der Waals surface area contributed by atoms with Crippen molar-refractivity contribution in [2.24, 2.45) is 4.99 Å². The number of guanidine groups is 1. The van der Waals surface area contributed by atoms with Gasteiger partial charge in [0.15, 0.2) is 5.96 Å². The number of hydrogen-bond donors (Lipinski definition) is 3. The average molecular weight is 354 g/mol. The minimum absolute atomic E-state index is 0.479. The van der Waals surface area contributed by atoms with Crippen LogP contribution in [0, 0.1) is 0 Å².